The first-order valence-corrected chi connectivity index (χ1v) is 7.57. The molecule has 0 radical (unpaired) electrons. The molecule has 0 amide bonds. The van der Waals surface area contributed by atoms with Gasteiger partial charge in [0, 0.05) is 11.5 Å². The molecule has 98 valence electrons. The smallest absolute Gasteiger partial charge is 0.0166 e. The van der Waals surface area contributed by atoms with E-state index in [2.05, 4.69) is 62.2 Å². The van der Waals surface area contributed by atoms with Gasteiger partial charge in [-0.1, -0.05) is 49.1 Å². The van der Waals surface area contributed by atoms with Crippen molar-refractivity contribution in [2.45, 2.75) is 18.4 Å². The Kier molecular flexibility index (Phi) is 4.78. The topological polar surface area (TPSA) is 0 Å². The van der Waals surface area contributed by atoms with Crippen LogP contribution in [0, 0.1) is 0 Å². The van der Waals surface area contributed by atoms with Gasteiger partial charge in [-0.05, 0) is 39.3 Å². The average Bonchev–Trinajstić information content (AvgIpc) is 2.44. The number of thiol groups is 2. The highest BCUT2D eigenvalue weighted by atomic mass is 32.1. The lowest BCUT2D eigenvalue weighted by molar-refractivity contribution is 1.32. The van der Waals surface area contributed by atoms with Gasteiger partial charge in [-0.3, -0.25) is 0 Å². The van der Waals surface area contributed by atoms with Gasteiger partial charge in [0.1, 0.15) is 0 Å². The molecule has 2 rings (SSSR count). The maximum absolute atomic E-state index is 4.50. The van der Waals surface area contributed by atoms with Gasteiger partial charge in [0.15, 0.2) is 0 Å². The van der Waals surface area contributed by atoms with Crippen LogP contribution in [-0.4, -0.2) is 0 Å². The summed E-state index contributed by atoms with van der Waals surface area (Å²) in [5.74, 6) is 1.40. The van der Waals surface area contributed by atoms with Crippen LogP contribution in [0.4, 0.5) is 0 Å². The molecule has 0 aliphatic carbocycles. The number of hydrogen-bond acceptors (Lipinski definition) is 2. The first-order valence-electron chi connectivity index (χ1n) is 6.30. The molecule has 0 aliphatic heterocycles. The first kappa shape index (κ1) is 14.3. The second-order valence-corrected chi connectivity index (χ2v) is 5.04. The Morgan fingerprint density at radius 2 is 1.63 bits per heavy atom. The molecule has 2 heteroatoms. The van der Waals surface area contributed by atoms with Gasteiger partial charge >= 0.3 is 0 Å². The Hall–Kier alpha value is -1.12. The van der Waals surface area contributed by atoms with E-state index in [1.54, 1.807) is 0 Å². The minimum atomic E-state index is 0.697. The summed E-state index contributed by atoms with van der Waals surface area (Å²) in [6.07, 6.45) is 6.19. The molecular weight excluding hydrogens is 268 g/mol. The highest BCUT2D eigenvalue weighted by molar-refractivity contribution is 7.79. The highest BCUT2D eigenvalue weighted by Gasteiger charge is 2.07. The van der Waals surface area contributed by atoms with Gasteiger partial charge in [-0.15, -0.1) is 0 Å². The van der Waals surface area contributed by atoms with E-state index >= 15 is 0 Å². The summed E-state index contributed by atoms with van der Waals surface area (Å²) in [4.78, 5) is 0. The summed E-state index contributed by atoms with van der Waals surface area (Å²) < 4.78 is 0. The number of hydrogen-bond donors (Lipinski definition) is 2. The lowest BCUT2D eigenvalue weighted by atomic mass is 9.96. The van der Waals surface area contributed by atoms with E-state index < -0.39 is 0 Å². The van der Waals surface area contributed by atoms with Crippen molar-refractivity contribution in [2.75, 3.05) is 0 Å². The maximum Gasteiger partial charge on any atom is 0.0166 e. The van der Waals surface area contributed by atoms with Crippen LogP contribution in [0.1, 0.15) is 18.1 Å². The lowest BCUT2D eigenvalue weighted by Crippen LogP contribution is -2.30. The number of benzene rings is 2. The summed E-state index contributed by atoms with van der Waals surface area (Å²) >= 11 is 8.96. The van der Waals surface area contributed by atoms with Crippen molar-refractivity contribution in [2.24, 2.45) is 0 Å². The predicted octanol–water partition coefficient (Wildman–Crippen LogP) is 3.47. The Balaban J connectivity index is 3.04. The third kappa shape index (κ3) is 2.60. The second-order valence-electron chi connectivity index (χ2n) is 4.40. The van der Waals surface area contributed by atoms with Crippen LogP contribution in [-0.2, 0) is 11.5 Å². The second kappa shape index (κ2) is 6.36. The van der Waals surface area contributed by atoms with E-state index in [-0.39, 0.29) is 0 Å². The van der Waals surface area contributed by atoms with E-state index in [9.17, 15) is 0 Å². The maximum atomic E-state index is 4.50. The minimum Gasteiger partial charge on any atom is -0.175 e. The largest absolute Gasteiger partial charge is 0.175 e. The molecule has 0 nitrogen and oxygen atoms in total. The van der Waals surface area contributed by atoms with E-state index in [0.717, 1.165) is 5.22 Å². The zero-order valence-electron chi connectivity index (χ0n) is 11.1. The molecule has 0 unspecified atom stereocenters. The Morgan fingerprint density at radius 1 is 1.05 bits per heavy atom. The van der Waals surface area contributed by atoms with Gasteiger partial charge in [0.25, 0.3) is 0 Å². The summed E-state index contributed by atoms with van der Waals surface area (Å²) in [6, 6.07) is 8.42. The quantitative estimate of drug-likeness (QED) is 0.793. The molecule has 0 aromatic heterocycles. The fourth-order valence-corrected chi connectivity index (χ4v) is 3.11. The van der Waals surface area contributed by atoms with Gasteiger partial charge in [0.05, 0.1) is 0 Å². The van der Waals surface area contributed by atoms with Crippen molar-refractivity contribution in [1.82, 2.24) is 0 Å². The Bertz CT molecular complexity index is 727. The molecule has 0 fully saturated rings. The van der Waals surface area contributed by atoms with Crippen molar-refractivity contribution < 1.29 is 0 Å². The molecule has 0 saturated heterocycles. The van der Waals surface area contributed by atoms with Crippen molar-refractivity contribution >= 4 is 48.7 Å². The summed E-state index contributed by atoms with van der Waals surface area (Å²) in [5, 5.41) is 4.74. The zero-order chi connectivity index (χ0) is 13.8. The van der Waals surface area contributed by atoms with Gasteiger partial charge < -0.3 is 0 Å². The van der Waals surface area contributed by atoms with Crippen molar-refractivity contribution in [3.8, 4) is 0 Å². The third-order valence-electron chi connectivity index (χ3n) is 3.36. The highest BCUT2D eigenvalue weighted by Crippen LogP contribution is 2.20. The number of fused-ring (bicyclic) bond motifs is 1. The number of allylic oxidation sites excluding steroid dienone is 2. The molecule has 0 aliphatic rings. The molecule has 0 heterocycles. The van der Waals surface area contributed by atoms with E-state index in [4.69, 9.17) is 0 Å². The third-order valence-corrected chi connectivity index (χ3v) is 4.00. The Morgan fingerprint density at radius 3 is 2.16 bits per heavy atom. The fourth-order valence-electron chi connectivity index (χ4n) is 2.41. The predicted molar refractivity (Wildman–Crippen MR) is 93.4 cm³/mol. The Labute approximate surface area is 125 Å². The monoisotopic (exact) mass is 286 g/mol. The molecular formula is C17H18S2. The molecule has 0 atom stereocenters. The van der Waals surface area contributed by atoms with Crippen LogP contribution in [0.5, 0.6) is 0 Å². The summed E-state index contributed by atoms with van der Waals surface area (Å²) in [5.41, 5.74) is 2.45. The van der Waals surface area contributed by atoms with Gasteiger partial charge in [-0.25, -0.2) is 0 Å². The molecule has 2 aromatic rings. The SMILES string of the molecule is C=c1c(CS)c2ccccc2c(CS)/c1=C/C=C\C. The van der Waals surface area contributed by atoms with Crippen molar-refractivity contribution in [1.29, 1.82) is 0 Å². The summed E-state index contributed by atoms with van der Waals surface area (Å²) in [7, 11) is 0. The van der Waals surface area contributed by atoms with Gasteiger partial charge in [0.2, 0.25) is 0 Å². The van der Waals surface area contributed by atoms with E-state index in [1.165, 1.54) is 27.1 Å². The van der Waals surface area contributed by atoms with Gasteiger partial charge in [-0.2, -0.15) is 25.3 Å². The van der Waals surface area contributed by atoms with Crippen molar-refractivity contribution in [3.05, 3.63) is 58.0 Å². The molecule has 0 saturated carbocycles. The lowest BCUT2D eigenvalue weighted by Gasteiger charge is -2.11. The first-order chi connectivity index (χ1) is 9.24. The van der Waals surface area contributed by atoms with Crippen LogP contribution in [0.3, 0.4) is 0 Å². The van der Waals surface area contributed by atoms with Crippen LogP contribution in [0.2, 0.25) is 0 Å². The minimum absolute atomic E-state index is 0.697. The zero-order valence-corrected chi connectivity index (χ0v) is 12.8. The van der Waals surface area contributed by atoms with Crippen LogP contribution in [0.25, 0.3) is 23.4 Å². The summed E-state index contributed by atoms with van der Waals surface area (Å²) in [6.45, 7) is 6.27. The standard InChI is InChI=1S/C17H18S2/c1-3-4-7-13-12(2)16(10-18)14-8-5-6-9-15(14)17(13)11-19/h3-9,18-19H,2,10-11H2,1H3/b4-3-,13-7+. The van der Waals surface area contributed by atoms with Crippen LogP contribution >= 0.6 is 25.3 Å². The van der Waals surface area contributed by atoms with Crippen LogP contribution in [0.15, 0.2) is 36.4 Å². The number of rotatable bonds is 3. The van der Waals surface area contributed by atoms with E-state index in [0.29, 0.717) is 11.5 Å². The fraction of sp³-hybridized carbons (Fsp3) is 0.176. The molecule has 19 heavy (non-hydrogen) atoms. The van der Waals surface area contributed by atoms with Crippen LogP contribution < -0.4 is 10.4 Å². The molecule has 0 N–H and O–H groups in total. The molecule has 0 bridgehead atoms. The molecule has 2 aromatic carbocycles. The van der Waals surface area contributed by atoms with E-state index in [1.807, 2.05) is 19.1 Å². The average molecular weight is 286 g/mol. The van der Waals surface area contributed by atoms with Crippen molar-refractivity contribution in [3.63, 3.8) is 0 Å². The molecule has 0 spiro atoms. The normalized spacial score (nSPS) is 12.7.